The van der Waals surface area contributed by atoms with Crippen LogP contribution in [0.5, 0.6) is 0 Å². The molecule has 0 aromatic heterocycles. The molecule has 0 amide bonds. The van der Waals surface area contributed by atoms with E-state index < -0.39 is 4.59 Å². The summed E-state index contributed by atoms with van der Waals surface area (Å²) in [4.78, 5) is 0. The Kier molecular flexibility index (Phi) is 2.85. The Morgan fingerprint density at radius 3 is 2.42 bits per heavy atom. The molecule has 5 heteroatoms. The minimum Gasteiger partial charge on any atom is -0.270 e. The van der Waals surface area contributed by atoms with Gasteiger partial charge in [0.2, 0.25) is 0 Å². The van der Waals surface area contributed by atoms with Crippen molar-refractivity contribution in [1.82, 2.24) is 5.09 Å². The third-order valence-electron chi connectivity index (χ3n) is 3.07. The molecule has 3 atom stereocenters. The van der Waals surface area contributed by atoms with Crippen molar-refractivity contribution in [2.75, 3.05) is 0 Å². The van der Waals surface area contributed by atoms with E-state index in [1.54, 1.807) is 0 Å². The monoisotopic (exact) mass is 239 g/mol. The molecule has 2 fully saturated rings. The molecular weight excluding hydrogens is 225 g/mol. The van der Waals surface area contributed by atoms with Gasteiger partial charge in [0.1, 0.15) is 4.59 Å². The van der Waals surface area contributed by atoms with Gasteiger partial charge in [-0.25, -0.2) is 0 Å². The van der Waals surface area contributed by atoms with Crippen molar-refractivity contribution in [3.8, 4) is 0 Å². The van der Waals surface area contributed by atoms with Crippen molar-refractivity contribution in [2.45, 2.75) is 31.7 Å². The molecule has 2 rings (SSSR count). The third-order valence-corrected chi connectivity index (χ3v) is 4.75. The molecule has 12 heavy (non-hydrogen) atoms. The molecule has 1 N–H and O–H groups in total. The molecule has 0 aliphatic heterocycles. The lowest BCUT2D eigenvalue weighted by molar-refractivity contribution is 0.399. The first-order valence-corrected chi connectivity index (χ1v) is 9.49. The van der Waals surface area contributed by atoms with E-state index in [1.165, 1.54) is 25.7 Å². The van der Waals surface area contributed by atoms with Crippen LogP contribution in [0.1, 0.15) is 25.7 Å². The van der Waals surface area contributed by atoms with E-state index >= 15 is 0 Å². The van der Waals surface area contributed by atoms with Crippen LogP contribution in [0.3, 0.4) is 0 Å². The Hall–Kier alpha value is 1.31. The highest BCUT2D eigenvalue weighted by Gasteiger charge is 2.40. The Morgan fingerprint density at radius 1 is 1.25 bits per heavy atom. The minimum atomic E-state index is -1.77. The maximum atomic E-state index is 5.17. The van der Waals surface area contributed by atoms with Crippen molar-refractivity contribution in [2.24, 2.45) is 11.8 Å². The molecule has 0 saturated heterocycles. The fraction of sp³-hybridized carbons (Fsp3) is 1.00. The zero-order chi connectivity index (χ0) is 8.77. The lowest BCUT2D eigenvalue weighted by Crippen LogP contribution is -2.29. The Morgan fingerprint density at radius 2 is 2.00 bits per heavy atom. The number of thiol groups is 2. The average molecular weight is 239 g/mol. The first-order valence-electron chi connectivity index (χ1n) is 4.38. The zero-order valence-corrected chi connectivity index (χ0v) is 10.3. The summed E-state index contributed by atoms with van der Waals surface area (Å²) in [6.45, 7) is 0. The van der Waals surface area contributed by atoms with Gasteiger partial charge < -0.3 is 0 Å². The molecule has 70 valence electrons. The second-order valence-electron chi connectivity index (χ2n) is 3.95. The Balaban J connectivity index is 1.95. The van der Waals surface area contributed by atoms with Crippen molar-refractivity contribution in [3.05, 3.63) is 0 Å². The van der Waals surface area contributed by atoms with Crippen LogP contribution in [0.2, 0.25) is 0 Å². The Labute approximate surface area is 89.5 Å². The van der Waals surface area contributed by atoms with Crippen LogP contribution in [0.15, 0.2) is 0 Å². The van der Waals surface area contributed by atoms with E-state index in [2.05, 4.69) is 29.6 Å². The summed E-state index contributed by atoms with van der Waals surface area (Å²) in [5.41, 5.74) is 0. The Bertz CT molecular complexity index is 227. The summed E-state index contributed by atoms with van der Waals surface area (Å²) < 4.78 is -1.77. The van der Waals surface area contributed by atoms with E-state index in [0.717, 1.165) is 11.8 Å². The molecule has 3 unspecified atom stereocenters. The number of hydrogen-bond acceptors (Lipinski definition) is 1. The van der Waals surface area contributed by atoms with Gasteiger partial charge in [0.25, 0.3) is 0 Å². The van der Waals surface area contributed by atoms with Gasteiger partial charge in [-0.3, -0.25) is 5.09 Å². The summed E-state index contributed by atoms with van der Waals surface area (Å²) in [5, 5.41) is 3.40. The van der Waals surface area contributed by atoms with Gasteiger partial charge >= 0.3 is 0 Å². The van der Waals surface area contributed by atoms with Crippen LogP contribution in [0.4, 0.5) is 0 Å². The van der Waals surface area contributed by atoms with Crippen molar-refractivity contribution in [1.29, 1.82) is 0 Å². The lowest BCUT2D eigenvalue weighted by atomic mass is 9.96. The maximum absolute atomic E-state index is 5.17. The number of hydrogen-bond donors (Lipinski definition) is 3. The fourth-order valence-electron chi connectivity index (χ4n) is 2.62. The molecule has 2 aliphatic rings. The van der Waals surface area contributed by atoms with Gasteiger partial charge in [0, 0.05) is 6.04 Å². The van der Waals surface area contributed by atoms with Gasteiger partial charge in [0.15, 0.2) is 0 Å². The normalized spacial score (nSPS) is 40.7. The number of nitrogens with one attached hydrogen (secondary N) is 1. The highest BCUT2D eigenvalue weighted by atomic mass is 33.2. The SMILES string of the molecule is S=P(S)(S)NC1CC2CCC1C2. The predicted molar refractivity (Wildman–Crippen MR) is 64.6 cm³/mol. The summed E-state index contributed by atoms with van der Waals surface area (Å²) in [7, 11) is 0. The van der Waals surface area contributed by atoms with Gasteiger partial charge in [-0.05, 0) is 31.1 Å². The minimum absolute atomic E-state index is 0.629. The van der Waals surface area contributed by atoms with Crippen molar-refractivity contribution >= 4 is 40.9 Å². The zero-order valence-electron chi connectivity index (χ0n) is 6.81. The number of rotatable bonds is 2. The van der Waals surface area contributed by atoms with E-state index in [1.807, 2.05) is 0 Å². The second-order valence-corrected chi connectivity index (χ2v) is 13.1. The molecule has 0 aromatic rings. The quantitative estimate of drug-likeness (QED) is 0.506. The van der Waals surface area contributed by atoms with Crippen LogP contribution in [-0.4, -0.2) is 6.04 Å². The summed E-state index contributed by atoms with van der Waals surface area (Å²) in [6.07, 6.45) is 5.54. The molecule has 2 bridgehead atoms. The molecule has 0 aromatic carbocycles. The molecule has 0 radical (unpaired) electrons. The topological polar surface area (TPSA) is 12.0 Å². The van der Waals surface area contributed by atoms with Crippen LogP contribution < -0.4 is 5.09 Å². The smallest absolute Gasteiger partial charge is 0.112 e. The van der Waals surface area contributed by atoms with Gasteiger partial charge in [0.05, 0.1) is 0 Å². The molecule has 2 saturated carbocycles. The average Bonchev–Trinajstić information content (AvgIpc) is 2.42. The van der Waals surface area contributed by atoms with E-state index in [9.17, 15) is 0 Å². The van der Waals surface area contributed by atoms with Crippen LogP contribution in [0, 0.1) is 11.8 Å². The summed E-state index contributed by atoms with van der Waals surface area (Å²) in [6, 6.07) is 0.629. The van der Waals surface area contributed by atoms with E-state index in [4.69, 9.17) is 11.8 Å². The molecule has 2 aliphatic carbocycles. The molecule has 1 nitrogen and oxygen atoms in total. The van der Waals surface area contributed by atoms with E-state index in [0.29, 0.717) is 6.04 Å². The van der Waals surface area contributed by atoms with Crippen LogP contribution in [-0.2, 0) is 11.8 Å². The standard InChI is InChI=1S/C7H14NPS3/c10-9(11,12)8-7-4-5-1-2-6(7)3-5/h5-7H,1-4H2,(H3,8,10,11,12). The highest BCUT2D eigenvalue weighted by molar-refractivity contribution is 8.91. The molecule has 0 heterocycles. The molecular formula is C7H14NPS3. The van der Waals surface area contributed by atoms with Gasteiger partial charge in [-0.15, -0.1) is 24.5 Å². The lowest BCUT2D eigenvalue weighted by Gasteiger charge is -2.25. The summed E-state index contributed by atoms with van der Waals surface area (Å²) in [5.74, 6) is 1.84. The predicted octanol–water partition coefficient (Wildman–Crippen LogP) is 2.85. The van der Waals surface area contributed by atoms with Gasteiger partial charge in [-0.1, -0.05) is 18.2 Å². The highest BCUT2D eigenvalue weighted by Crippen LogP contribution is 2.55. The second kappa shape index (κ2) is 3.47. The van der Waals surface area contributed by atoms with Crippen LogP contribution >= 0.6 is 29.1 Å². The first kappa shape index (κ1) is 9.85. The maximum Gasteiger partial charge on any atom is 0.112 e. The van der Waals surface area contributed by atoms with Crippen molar-refractivity contribution < 1.29 is 0 Å². The first-order chi connectivity index (χ1) is 5.54. The largest absolute Gasteiger partial charge is 0.270 e. The van der Waals surface area contributed by atoms with Crippen LogP contribution in [0.25, 0.3) is 0 Å². The van der Waals surface area contributed by atoms with Gasteiger partial charge in [-0.2, -0.15) is 0 Å². The van der Waals surface area contributed by atoms with Crippen molar-refractivity contribution in [3.63, 3.8) is 0 Å². The van der Waals surface area contributed by atoms with E-state index in [-0.39, 0.29) is 0 Å². The molecule has 0 spiro atoms. The fourth-order valence-corrected chi connectivity index (χ4v) is 4.66. The third kappa shape index (κ3) is 2.21. The number of fused-ring (bicyclic) bond motifs is 2. The summed E-state index contributed by atoms with van der Waals surface area (Å²) >= 11 is 13.8.